The number of nitrogens with zero attached hydrogens (tertiary/aromatic N) is 5. The summed E-state index contributed by atoms with van der Waals surface area (Å²) in [6.07, 6.45) is 7.34. The van der Waals surface area contributed by atoms with Gasteiger partial charge in [-0.25, -0.2) is 9.97 Å². The molecule has 0 unspecified atom stereocenters. The van der Waals surface area contributed by atoms with Crippen molar-refractivity contribution in [2.24, 2.45) is 0 Å². The van der Waals surface area contributed by atoms with Crippen molar-refractivity contribution in [3.8, 4) is 11.5 Å². The predicted octanol–water partition coefficient (Wildman–Crippen LogP) is 5.20. The lowest BCUT2D eigenvalue weighted by atomic mass is 10.0. The highest BCUT2D eigenvalue weighted by atomic mass is 32.1. The molecule has 1 aliphatic carbocycles. The maximum absolute atomic E-state index is 13.1. The summed E-state index contributed by atoms with van der Waals surface area (Å²) >= 11 is 1.65. The zero-order chi connectivity index (χ0) is 22.2. The highest BCUT2D eigenvalue weighted by molar-refractivity contribution is 7.22. The molecule has 4 heterocycles. The van der Waals surface area contributed by atoms with E-state index in [1.165, 1.54) is 5.56 Å². The number of aromatic nitrogens is 4. The topological polar surface area (TPSA) is 71.9 Å². The summed E-state index contributed by atoms with van der Waals surface area (Å²) in [5, 5.41) is 0.898. The van der Waals surface area contributed by atoms with Gasteiger partial charge >= 0.3 is 0 Å². The molecule has 6 nitrogen and oxygen atoms in total. The molecule has 1 saturated heterocycles. The number of aryl methyl sites for hydroxylation is 1. The molecule has 1 saturated carbocycles. The number of thiazole rings is 1. The highest BCUT2D eigenvalue weighted by Crippen LogP contribution is 2.45. The monoisotopic (exact) mass is 455 g/mol. The molecule has 2 fully saturated rings. The van der Waals surface area contributed by atoms with E-state index in [2.05, 4.69) is 22.0 Å². The average Bonchev–Trinajstić information content (AvgIpc) is 3.42. The van der Waals surface area contributed by atoms with Crippen LogP contribution in [0.4, 0.5) is 5.13 Å². The van der Waals surface area contributed by atoms with Gasteiger partial charge in [-0.15, -0.1) is 0 Å². The van der Waals surface area contributed by atoms with Gasteiger partial charge in [-0.1, -0.05) is 47.7 Å². The molecule has 0 radical (unpaired) electrons. The van der Waals surface area contributed by atoms with Crippen LogP contribution < -0.4 is 4.90 Å². The number of rotatable bonds is 7. The number of hydrogen-bond donors (Lipinski definition) is 0. The molecule has 0 N–H and O–H groups in total. The van der Waals surface area contributed by atoms with Crippen molar-refractivity contribution in [1.82, 2.24) is 19.9 Å². The Labute approximate surface area is 196 Å². The van der Waals surface area contributed by atoms with Crippen LogP contribution in [0.5, 0.6) is 0 Å². The number of hydrogen-bond acceptors (Lipinski definition) is 7. The van der Waals surface area contributed by atoms with Crippen LogP contribution >= 0.6 is 11.3 Å². The van der Waals surface area contributed by atoms with E-state index in [9.17, 15) is 4.79 Å². The van der Waals surface area contributed by atoms with Crippen molar-refractivity contribution in [3.63, 3.8) is 0 Å². The normalized spacial score (nSPS) is 18.2. The lowest BCUT2D eigenvalue weighted by Crippen LogP contribution is -2.36. The van der Waals surface area contributed by atoms with Crippen LogP contribution in [0.15, 0.2) is 54.7 Å². The molecule has 0 spiro atoms. The largest absolute Gasteiger partial charge is 0.338 e. The summed E-state index contributed by atoms with van der Waals surface area (Å²) in [6.45, 7) is 0.862. The molecule has 33 heavy (non-hydrogen) atoms. The van der Waals surface area contributed by atoms with E-state index in [-0.39, 0.29) is 6.04 Å². The number of carbonyl (C=O) groups is 1. The minimum Gasteiger partial charge on any atom is -0.338 e. The van der Waals surface area contributed by atoms with Crippen LogP contribution in [0.25, 0.3) is 21.9 Å². The van der Waals surface area contributed by atoms with Crippen molar-refractivity contribution in [2.75, 3.05) is 11.4 Å². The van der Waals surface area contributed by atoms with Crippen molar-refractivity contribution >= 4 is 32.6 Å². The summed E-state index contributed by atoms with van der Waals surface area (Å²) in [5.41, 5.74) is 3.80. The van der Waals surface area contributed by atoms with Gasteiger partial charge in [0.25, 0.3) is 0 Å². The maximum atomic E-state index is 13.1. The minimum absolute atomic E-state index is 0.0955. The summed E-state index contributed by atoms with van der Waals surface area (Å²) < 4.78 is 1.06. The standard InChI is InChI=1S/C26H25N5OS/c32-21(14-11-17-7-2-1-3-8-17)20-10-6-16-31(20)26-30-25-23(33-26)22(18-12-13-18)28-24(29-25)19-9-4-5-15-27-19/h1-5,7-9,15,18,20H,6,10-14,16H2/t20-/m1/s1. The van der Waals surface area contributed by atoms with Crippen molar-refractivity contribution in [2.45, 2.75) is 50.5 Å². The fourth-order valence-corrected chi connectivity index (χ4v) is 5.76. The summed E-state index contributed by atoms with van der Waals surface area (Å²) in [6, 6.07) is 15.9. The lowest BCUT2D eigenvalue weighted by Gasteiger charge is -2.22. The number of fused-ring (bicyclic) bond motifs is 1. The van der Waals surface area contributed by atoms with E-state index >= 15 is 0 Å². The Hall–Kier alpha value is -3.19. The molecular formula is C26H25N5OS. The average molecular weight is 456 g/mol. The Bertz CT molecular complexity index is 1290. The molecule has 166 valence electrons. The van der Waals surface area contributed by atoms with Crippen LogP contribution in [0.1, 0.15) is 49.3 Å². The van der Waals surface area contributed by atoms with Crippen LogP contribution in [0, 0.1) is 0 Å². The second kappa shape index (κ2) is 8.63. The Morgan fingerprint density at radius 3 is 2.64 bits per heavy atom. The second-order valence-corrected chi connectivity index (χ2v) is 9.85. The maximum Gasteiger partial charge on any atom is 0.188 e. The number of carbonyl (C=O) groups excluding carboxylic acids is 1. The molecule has 0 amide bonds. The molecule has 1 aromatic carbocycles. The first-order valence-corrected chi connectivity index (χ1v) is 12.5. The fraction of sp³-hybridized carbons (Fsp3) is 0.346. The fourth-order valence-electron chi connectivity index (χ4n) is 4.61. The van der Waals surface area contributed by atoms with Gasteiger partial charge in [-0.2, -0.15) is 4.98 Å². The molecule has 6 rings (SSSR count). The summed E-state index contributed by atoms with van der Waals surface area (Å²) in [7, 11) is 0. The van der Waals surface area contributed by atoms with E-state index in [0.29, 0.717) is 23.9 Å². The summed E-state index contributed by atoms with van der Waals surface area (Å²) in [5.74, 6) is 1.42. The first-order valence-electron chi connectivity index (χ1n) is 11.7. The number of ketones is 1. The number of anilines is 1. The number of pyridine rings is 1. The third-order valence-electron chi connectivity index (χ3n) is 6.50. The smallest absolute Gasteiger partial charge is 0.188 e. The van der Waals surface area contributed by atoms with E-state index in [4.69, 9.17) is 15.0 Å². The molecule has 2 aliphatic rings. The zero-order valence-electron chi connectivity index (χ0n) is 18.4. The quantitative estimate of drug-likeness (QED) is 0.382. The molecular weight excluding hydrogens is 430 g/mol. The van der Waals surface area contributed by atoms with Crippen molar-refractivity contribution in [3.05, 3.63) is 66.0 Å². The predicted molar refractivity (Wildman–Crippen MR) is 131 cm³/mol. The second-order valence-electron chi connectivity index (χ2n) is 8.87. The molecule has 4 aromatic rings. The van der Waals surface area contributed by atoms with Gasteiger partial charge in [0.05, 0.1) is 16.4 Å². The molecule has 3 aromatic heterocycles. The van der Waals surface area contributed by atoms with E-state index in [0.717, 1.165) is 65.5 Å². The van der Waals surface area contributed by atoms with Gasteiger partial charge < -0.3 is 4.90 Å². The van der Waals surface area contributed by atoms with Gasteiger partial charge in [0.2, 0.25) is 0 Å². The van der Waals surface area contributed by atoms with E-state index in [1.807, 2.05) is 36.4 Å². The van der Waals surface area contributed by atoms with Crippen molar-refractivity contribution < 1.29 is 4.79 Å². The third-order valence-corrected chi connectivity index (χ3v) is 7.60. The van der Waals surface area contributed by atoms with Crippen LogP contribution in [0.3, 0.4) is 0 Å². The molecule has 7 heteroatoms. The molecule has 1 atom stereocenters. The van der Waals surface area contributed by atoms with Crippen LogP contribution in [0.2, 0.25) is 0 Å². The third kappa shape index (κ3) is 4.13. The van der Waals surface area contributed by atoms with E-state index < -0.39 is 0 Å². The SMILES string of the molecule is O=C(CCc1ccccc1)[C@H]1CCCN1c1nc2nc(-c3ccccn3)nc(C3CC3)c2s1. The number of benzene rings is 1. The Balaban J connectivity index is 1.29. The van der Waals surface area contributed by atoms with Gasteiger partial charge in [0.1, 0.15) is 5.69 Å². The Morgan fingerprint density at radius 1 is 1.00 bits per heavy atom. The molecule has 0 bridgehead atoms. The Morgan fingerprint density at radius 2 is 1.85 bits per heavy atom. The van der Waals surface area contributed by atoms with Gasteiger partial charge in [-0.3, -0.25) is 9.78 Å². The van der Waals surface area contributed by atoms with Crippen LogP contribution in [-0.4, -0.2) is 38.3 Å². The van der Waals surface area contributed by atoms with Gasteiger partial charge in [0.15, 0.2) is 22.4 Å². The Kier molecular flexibility index (Phi) is 5.34. The summed E-state index contributed by atoms with van der Waals surface area (Å²) in [4.78, 5) is 34.4. The first kappa shape index (κ1) is 20.4. The van der Waals surface area contributed by atoms with E-state index in [1.54, 1.807) is 17.5 Å². The highest BCUT2D eigenvalue weighted by Gasteiger charge is 2.34. The first-order chi connectivity index (χ1) is 16.3. The van der Waals surface area contributed by atoms with Gasteiger partial charge in [0, 0.05) is 25.1 Å². The zero-order valence-corrected chi connectivity index (χ0v) is 19.2. The lowest BCUT2D eigenvalue weighted by molar-refractivity contribution is -0.120. The minimum atomic E-state index is -0.0955. The van der Waals surface area contributed by atoms with Gasteiger partial charge in [-0.05, 0) is 49.8 Å². The molecule has 1 aliphatic heterocycles. The number of Topliss-reactive ketones (excluding diaryl/α,β-unsaturated/α-hetero) is 1. The van der Waals surface area contributed by atoms with Crippen LogP contribution in [-0.2, 0) is 11.2 Å². The van der Waals surface area contributed by atoms with Crippen molar-refractivity contribution in [1.29, 1.82) is 0 Å².